The van der Waals surface area contributed by atoms with E-state index in [-0.39, 0.29) is 10.0 Å². The van der Waals surface area contributed by atoms with E-state index in [4.69, 9.17) is 6.42 Å². The first-order valence-electron chi connectivity index (χ1n) is 3.74. The molecule has 1 nitrogen and oxygen atoms in total. The lowest BCUT2D eigenvalue weighted by Gasteiger charge is -2.08. The second-order valence-corrected chi connectivity index (χ2v) is 3.52. The molecule has 0 heterocycles. The molecular weight excluding hydrogens is 273 g/mol. The minimum atomic E-state index is -4.48. The van der Waals surface area contributed by atoms with Gasteiger partial charge in [0.2, 0.25) is 5.78 Å². The summed E-state index contributed by atoms with van der Waals surface area (Å²) in [5, 5.41) is 0. The maximum atomic E-state index is 12.3. The Morgan fingerprint density at radius 3 is 2.47 bits per heavy atom. The lowest BCUT2D eigenvalue weighted by Crippen LogP contribution is -2.07. The average Bonchev–Trinajstić information content (AvgIpc) is 2.15. The van der Waals surface area contributed by atoms with Crippen LogP contribution in [0.1, 0.15) is 15.9 Å². The molecule has 0 amide bonds. The number of benzene rings is 1. The molecule has 5 heteroatoms. The summed E-state index contributed by atoms with van der Waals surface area (Å²) in [5.41, 5.74) is -1.06. The van der Waals surface area contributed by atoms with Crippen molar-refractivity contribution in [3.63, 3.8) is 0 Å². The van der Waals surface area contributed by atoms with Gasteiger partial charge >= 0.3 is 6.18 Å². The molecule has 0 fully saturated rings. The largest absolute Gasteiger partial charge is 0.416 e. The number of halogens is 4. The van der Waals surface area contributed by atoms with Crippen molar-refractivity contribution in [1.82, 2.24) is 0 Å². The predicted octanol–water partition coefficient (Wildman–Crippen LogP) is 3.28. The van der Waals surface area contributed by atoms with Crippen molar-refractivity contribution < 1.29 is 18.0 Å². The van der Waals surface area contributed by atoms with E-state index in [1.807, 2.05) is 0 Å². The normalized spacial score (nSPS) is 10.9. The molecule has 0 unspecified atom stereocenters. The lowest BCUT2D eigenvalue weighted by molar-refractivity contribution is -0.137. The number of alkyl halides is 3. The van der Waals surface area contributed by atoms with Crippen LogP contribution in [-0.4, -0.2) is 5.78 Å². The molecule has 0 bridgehead atoms. The molecule has 0 aliphatic carbocycles. The summed E-state index contributed by atoms with van der Waals surface area (Å²) >= 11 is 2.95. The highest BCUT2D eigenvalue weighted by Gasteiger charge is 2.31. The van der Waals surface area contributed by atoms with Gasteiger partial charge < -0.3 is 0 Å². The van der Waals surface area contributed by atoms with Gasteiger partial charge in [-0.05, 0) is 24.1 Å². The molecule has 0 aliphatic heterocycles. The fourth-order valence-corrected chi connectivity index (χ4v) is 1.38. The maximum Gasteiger partial charge on any atom is 0.416 e. The van der Waals surface area contributed by atoms with Gasteiger partial charge in [0.25, 0.3) is 0 Å². The topological polar surface area (TPSA) is 17.1 Å². The number of terminal acetylenes is 1. The number of hydrogen-bond donors (Lipinski definition) is 0. The molecule has 1 rings (SSSR count). The molecule has 15 heavy (non-hydrogen) atoms. The van der Waals surface area contributed by atoms with Crippen molar-refractivity contribution in [3.8, 4) is 12.3 Å². The molecule has 0 atom stereocenters. The van der Waals surface area contributed by atoms with Crippen LogP contribution in [0.4, 0.5) is 13.2 Å². The Morgan fingerprint density at radius 1 is 1.40 bits per heavy atom. The molecule has 0 saturated carbocycles. The fourth-order valence-electron chi connectivity index (χ4n) is 0.953. The van der Waals surface area contributed by atoms with Crippen molar-refractivity contribution in [1.29, 1.82) is 0 Å². The van der Waals surface area contributed by atoms with Crippen LogP contribution < -0.4 is 0 Å². The van der Waals surface area contributed by atoms with E-state index in [0.717, 1.165) is 18.2 Å². The number of hydrogen-bond acceptors (Lipinski definition) is 1. The van der Waals surface area contributed by atoms with Crippen LogP contribution >= 0.6 is 15.9 Å². The van der Waals surface area contributed by atoms with Gasteiger partial charge in [-0.25, -0.2) is 0 Å². The summed E-state index contributed by atoms with van der Waals surface area (Å²) in [6, 6.07) is 2.75. The summed E-state index contributed by atoms with van der Waals surface area (Å²) in [4.78, 5) is 11.1. The summed E-state index contributed by atoms with van der Waals surface area (Å²) in [7, 11) is 0. The number of ketones is 1. The van der Waals surface area contributed by atoms with E-state index >= 15 is 0 Å². The summed E-state index contributed by atoms with van der Waals surface area (Å²) in [6.07, 6.45) is 0.349. The molecule has 0 aromatic heterocycles. The molecule has 0 N–H and O–H groups in total. The predicted molar refractivity (Wildman–Crippen MR) is 52.3 cm³/mol. The Hall–Kier alpha value is -1.28. The van der Waals surface area contributed by atoms with E-state index in [1.165, 1.54) is 0 Å². The minimum absolute atomic E-state index is 0.160. The van der Waals surface area contributed by atoms with Gasteiger partial charge in [-0.2, -0.15) is 13.2 Å². The summed E-state index contributed by atoms with van der Waals surface area (Å²) in [5.74, 6) is 0.980. The molecule has 0 spiro atoms. The van der Waals surface area contributed by atoms with Crippen LogP contribution in [-0.2, 0) is 6.18 Å². The van der Waals surface area contributed by atoms with Crippen LogP contribution in [0.25, 0.3) is 0 Å². The van der Waals surface area contributed by atoms with Gasteiger partial charge in [0.1, 0.15) is 0 Å². The quantitative estimate of drug-likeness (QED) is 0.437. The Kier molecular flexibility index (Phi) is 3.20. The van der Waals surface area contributed by atoms with E-state index in [0.29, 0.717) is 0 Å². The third kappa shape index (κ3) is 2.60. The Labute approximate surface area is 92.4 Å². The van der Waals surface area contributed by atoms with Crippen molar-refractivity contribution >= 4 is 21.7 Å². The third-order valence-corrected chi connectivity index (χ3v) is 2.36. The lowest BCUT2D eigenvalue weighted by atomic mass is 10.1. The Bertz CT molecular complexity index is 443. The first kappa shape index (κ1) is 11.8. The van der Waals surface area contributed by atoms with Crippen LogP contribution in [0.3, 0.4) is 0 Å². The zero-order chi connectivity index (χ0) is 11.6. The van der Waals surface area contributed by atoms with Gasteiger partial charge in [-0.3, -0.25) is 4.79 Å². The molecule has 78 valence electrons. The molecule has 0 radical (unpaired) electrons. The third-order valence-electron chi connectivity index (χ3n) is 1.67. The van der Waals surface area contributed by atoms with Gasteiger partial charge in [0.15, 0.2) is 0 Å². The fraction of sp³-hybridized carbons (Fsp3) is 0.100. The van der Waals surface area contributed by atoms with Crippen molar-refractivity contribution in [2.24, 2.45) is 0 Å². The minimum Gasteiger partial charge on any atom is -0.279 e. The van der Waals surface area contributed by atoms with Crippen molar-refractivity contribution in [2.45, 2.75) is 6.18 Å². The SMILES string of the molecule is C#CC(=O)c1cc(C(F)(F)F)ccc1Br. The van der Waals surface area contributed by atoms with Gasteiger partial charge in [0.05, 0.1) is 5.56 Å². The van der Waals surface area contributed by atoms with Crippen molar-refractivity contribution in [3.05, 3.63) is 33.8 Å². The maximum absolute atomic E-state index is 12.3. The molecule has 1 aromatic carbocycles. The zero-order valence-electron chi connectivity index (χ0n) is 7.23. The van der Waals surface area contributed by atoms with E-state index in [9.17, 15) is 18.0 Å². The smallest absolute Gasteiger partial charge is 0.279 e. The monoisotopic (exact) mass is 276 g/mol. The van der Waals surface area contributed by atoms with Crippen LogP contribution in [0, 0.1) is 12.3 Å². The van der Waals surface area contributed by atoms with E-state index in [2.05, 4.69) is 15.9 Å². The number of rotatable bonds is 1. The molecule has 0 saturated heterocycles. The Morgan fingerprint density at radius 2 is 2.00 bits per heavy atom. The molecule has 1 aromatic rings. The van der Waals surface area contributed by atoms with Crippen molar-refractivity contribution in [2.75, 3.05) is 0 Å². The molecule has 0 aliphatic rings. The zero-order valence-corrected chi connectivity index (χ0v) is 8.82. The van der Waals surface area contributed by atoms with Crippen LogP contribution in [0.2, 0.25) is 0 Å². The number of Topliss-reactive ketones (excluding diaryl/α,β-unsaturated/α-hetero) is 1. The van der Waals surface area contributed by atoms with E-state index in [1.54, 1.807) is 5.92 Å². The highest BCUT2D eigenvalue weighted by molar-refractivity contribution is 9.10. The highest BCUT2D eigenvalue weighted by Crippen LogP contribution is 2.31. The Balaban J connectivity index is 3.31. The van der Waals surface area contributed by atoms with Gasteiger partial charge in [0, 0.05) is 10.0 Å². The first-order chi connectivity index (χ1) is 6.86. The number of carbonyl (C=O) groups excluding carboxylic acids is 1. The van der Waals surface area contributed by atoms with Gasteiger partial charge in [-0.15, -0.1) is 6.42 Å². The summed E-state index contributed by atoms with van der Waals surface area (Å²) in [6.45, 7) is 0. The molecular formula is C10H4BrF3O. The highest BCUT2D eigenvalue weighted by atomic mass is 79.9. The standard InChI is InChI=1S/C10H4BrF3O/c1-2-9(15)7-5-6(10(12,13)14)3-4-8(7)11/h1,3-5H. The van der Waals surface area contributed by atoms with Crippen LogP contribution in [0.15, 0.2) is 22.7 Å². The van der Waals surface area contributed by atoms with Crippen LogP contribution in [0.5, 0.6) is 0 Å². The van der Waals surface area contributed by atoms with E-state index < -0.39 is 17.5 Å². The average molecular weight is 277 g/mol. The first-order valence-corrected chi connectivity index (χ1v) is 4.53. The second-order valence-electron chi connectivity index (χ2n) is 2.67. The van der Waals surface area contributed by atoms with Gasteiger partial charge in [-0.1, -0.05) is 15.9 Å². The number of carbonyl (C=O) groups is 1. The summed E-state index contributed by atoms with van der Waals surface area (Å²) < 4.78 is 37.1. The second kappa shape index (κ2) is 4.07.